The number of rotatable bonds is 8. The smallest absolute Gasteiger partial charge is 0.0453 e. The molecule has 0 heterocycles. The van der Waals surface area contributed by atoms with Crippen LogP contribution in [0.4, 0.5) is 0 Å². The van der Waals surface area contributed by atoms with Gasteiger partial charge in [0.15, 0.2) is 0 Å². The topological polar surface area (TPSA) is 32.3 Å². The third-order valence-electron chi connectivity index (χ3n) is 2.39. The van der Waals surface area contributed by atoms with Crippen LogP contribution in [-0.2, 0) is 6.54 Å². The quantitative estimate of drug-likeness (QED) is 0.715. The maximum atomic E-state index is 8.63. The van der Waals surface area contributed by atoms with E-state index in [1.807, 2.05) is 24.8 Å². The molecule has 1 aromatic carbocycles. The van der Waals surface area contributed by atoms with E-state index >= 15 is 0 Å². The van der Waals surface area contributed by atoms with Gasteiger partial charge in [0.05, 0.1) is 0 Å². The predicted molar refractivity (Wildman–Crippen MR) is 76.9 cm³/mol. The van der Waals surface area contributed by atoms with Gasteiger partial charge < -0.3 is 10.4 Å². The van der Waals surface area contributed by atoms with Gasteiger partial charge in [-0.15, -0.1) is 0 Å². The number of hydrogen-bond donors (Lipinski definition) is 2. The van der Waals surface area contributed by atoms with Gasteiger partial charge in [-0.3, -0.25) is 0 Å². The molecular formula is C13H20ClNOS. The molecule has 0 spiro atoms. The van der Waals surface area contributed by atoms with Crippen LogP contribution >= 0.6 is 23.4 Å². The summed E-state index contributed by atoms with van der Waals surface area (Å²) in [5, 5.41) is 12.8. The molecule has 4 heteroatoms. The Kier molecular flexibility index (Phi) is 7.69. The molecule has 0 saturated carbocycles. The molecule has 1 aromatic rings. The summed E-state index contributed by atoms with van der Waals surface area (Å²) in [4.78, 5) is 0. The van der Waals surface area contributed by atoms with Crippen molar-refractivity contribution in [2.24, 2.45) is 0 Å². The summed E-state index contributed by atoms with van der Waals surface area (Å²) < 4.78 is 0. The number of benzene rings is 1. The molecule has 0 atom stereocenters. The monoisotopic (exact) mass is 273 g/mol. The normalized spacial score (nSPS) is 10.8. The first-order valence-corrected chi connectivity index (χ1v) is 7.41. The summed E-state index contributed by atoms with van der Waals surface area (Å²) in [6.07, 6.45) is 0.883. The molecule has 0 radical (unpaired) electrons. The predicted octanol–water partition coefficient (Wildman–Crippen LogP) is 2.85. The lowest BCUT2D eigenvalue weighted by Crippen LogP contribution is -2.17. The highest BCUT2D eigenvalue weighted by atomic mass is 35.5. The number of hydrogen-bond acceptors (Lipinski definition) is 3. The fraction of sp³-hybridized carbons (Fsp3) is 0.538. The first-order valence-electron chi connectivity index (χ1n) is 5.88. The van der Waals surface area contributed by atoms with Crippen molar-refractivity contribution in [2.75, 3.05) is 24.7 Å². The molecule has 0 amide bonds. The Balaban J connectivity index is 2.14. The van der Waals surface area contributed by atoms with Crippen LogP contribution in [0, 0.1) is 6.92 Å². The minimum Gasteiger partial charge on any atom is -0.396 e. The third-order valence-corrected chi connectivity index (χ3v) is 3.82. The average Bonchev–Trinajstić information content (AvgIpc) is 2.30. The van der Waals surface area contributed by atoms with Crippen LogP contribution in [0.15, 0.2) is 18.2 Å². The van der Waals surface area contributed by atoms with Crippen LogP contribution in [0.2, 0.25) is 5.02 Å². The second-order valence-corrected chi connectivity index (χ2v) is 5.59. The summed E-state index contributed by atoms with van der Waals surface area (Å²) in [7, 11) is 0. The van der Waals surface area contributed by atoms with Gasteiger partial charge in [0, 0.05) is 30.5 Å². The first-order chi connectivity index (χ1) is 8.24. The van der Waals surface area contributed by atoms with Crippen molar-refractivity contribution < 1.29 is 5.11 Å². The second-order valence-electron chi connectivity index (χ2n) is 3.96. The molecule has 2 nitrogen and oxygen atoms in total. The van der Waals surface area contributed by atoms with E-state index in [0.717, 1.165) is 41.6 Å². The zero-order chi connectivity index (χ0) is 12.5. The SMILES string of the molecule is Cc1ccc(CNCCSCCCO)c(Cl)c1. The highest BCUT2D eigenvalue weighted by molar-refractivity contribution is 7.99. The molecule has 17 heavy (non-hydrogen) atoms. The van der Waals surface area contributed by atoms with E-state index in [1.165, 1.54) is 5.56 Å². The van der Waals surface area contributed by atoms with Gasteiger partial charge in [-0.1, -0.05) is 23.7 Å². The van der Waals surface area contributed by atoms with E-state index in [0.29, 0.717) is 6.61 Å². The van der Waals surface area contributed by atoms with Gasteiger partial charge in [0.25, 0.3) is 0 Å². The Bertz CT molecular complexity index is 333. The molecule has 0 aliphatic heterocycles. The van der Waals surface area contributed by atoms with E-state index in [1.54, 1.807) is 0 Å². The largest absolute Gasteiger partial charge is 0.396 e. The summed E-state index contributed by atoms with van der Waals surface area (Å²) in [6.45, 7) is 4.13. The van der Waals surface area contributed by atoms with Gasteiger partial charge in [0.1, 0.15) is 0 Å². The number of nitrogens with one attached hydrogen (secondary N) is 1. The average molecular weight is 274 g/mol. The van der Waals surface area contributed by atoms with E-state index in [4.69, 9.17) is 16.7 Å². The van der Waals surface area contributed by atoms with Crippen LogP contribution in [0.3, 0.4) is 0 Å². The molecule has 96 valence electrons. The maximum absolute atomic E-state index is 8.63. The fourth-order valence-corrected chi connectivity index (χ4v) is 2.56. The van der Waals surface area contributed by atoms with Crippen LogP contribution in [0.5, 0.6) is 0 Å². The number of aliphatic hydroxyl groups is 1. The van der Waals surface area contributed by atoms with Crippen molar-refractivity contribution in [3.63, 3.8) is 0 Å². The van der Waals surface area contributed by atoms with Crippen molar-refractivity contribution in [1.82, 2.24) is 5.32 Å². The lowest BCUT2D eigenvalue weighted by molar-refractivity contribution is 0.296. The molecule has 0 unspecified atom stereocenters. The van der Waals surface area contributed by atoms with Crippen LogP contribution < -0.4 is 5.32 Å². The zero-order valence-corrected chi connectivity index (χ0v) is 11.8. The molecule has 1 rings (SSSR count). The van der Waals surface area contributed by atoms with Gasteiger partial charge in [0.2, 0.25) is 0 Å². The molecule has 0 aliphatic carbocycles. The molecule has 0 saturated heterocycles. The lowest BCUT2D eigenvalue weighted by atomic mass is 10.1. The number of thioether (sulfide) groups is 1. The second kappa shape index (κ2) is 8.81. The molecule has 0 aromatic heterocycles. The van der Waals surface area contributed by atoms with Gasteiger partial charge in [-0.05, 0) is 36.3 Å². The zero-order valence-electron chi connectivity index (χ0n) is 10.2. The lowest BCUT2D eigenvalue weighted by Gasteiger charge is -2.07. The van der Waals surface area contributed by atoms with Crippen molar-refractivity contribution in [1.29, 1.82) is 0 Å². The molecule has 2 N–H and O–H groups in total. The summed E-state index contributed by atoms with van der Waals surface area (Å²) in [6, 6.07) is 6.15. The minimum atomic E-state index is 0.291. The summed E-state index contributed by atoms with van der Waals surface area (Å²) in [5.74, 6) is 2.10. The van der Waals surface area contributed by atoms with Crippen molar-refractivity contribution in [3.05, 3.63) is 34.3 Å². The van der Waals surface area contributed by atoms with Crippen molar-refractivity contribution >= 4 is 23.4 Å². The standard InChI is InChI=1S/C13H20ClNOS/c1-11-3-4-12(13(14)9-11)10-15-5-8-17-7-2-6-16/h3-4,9,15-16H,2,5-8,10H2,1H3. The van der Waals surface area contributed by atoms with Crippen molar-refractivity contribution in [2.45, 2.75) is 19.9 Å². The highest BCUT2D eigenvalue weighted by Crippen LogP contribution is 2.17. The van der Waals surface area contributed by atoms with E-state index < -0.39 is 0 Å². The highest BCUT2D eigenvalue weighted by Gasteiger charge is 1.99. The van der Waals surface area contributed by atoms with Crippen LogP contribution in [-0.4, -0.2) is 29.8 Å². The van der Waals surface area contributed by atoms with E-state index in [2.05, 4.69) is 17.4 Å². The van der Waals surface area contributed by atoms with Crippen molar-refractivity contribution in [3.8, 4) is 0 Å². The fourth-order valence-electron chi connectivity index (χ4n) is 1.43. The van der Waals surface area contributed by atoms with E-state index in [-0.39, 0.29) is 0 Å². The molecule has 0 fully saturated rings. The molecule has 0 bridgehead atoms. The Morgan fingerprint density at radius 3 is 2.88 bits per heavy atom. The summed E-state index contributed by atoms with van der Waals surface area (Å²) in [5.41, 5.74) is 2.34. The Morgan fingerprint density at radius 2 is 2.18 bits per heavy atom. The number of aryl methyl sites for hydroxylation is 1. The number of aliphatic hydroxyl groups excluding tert-OH is 1. The molecule has 0 aliphatic rings. The molecular weight excluding hydrogens is 254 g/mol. The van der Waals surface area contributed by atoms with Gasteiger partial charge >= 0.3 is 0 Å². The third kappa shape index (κ3) is 6.32. The first kappa shape index (κ1) is 14.8. The number of halogens is 1. The van der Waals surface area contributed by atoms with E-state index in [9.17, 15) is 0 Å². The Morgan fingerprint density at radius 1 is 1.35 bits per heavy atom. The summed E-state index contributed by atoms with van der Waals surface area (Å²) >= 11 is 8.00. The van der Waals surface area contributed by atoms with Gasteiger partial charge in [-0.25, -0.2) is 0 Å². The van der Waals surface area contributed by atoms with Crippen LogP contribution in [0.1, 0.15) is 17.5 Å². The Labute approximate surface area is 113 Å². The maximum Gasteiger partial charge on any atom is 0.0453 e. The van der Waals surface area contributed by atoms with Gasteiger partial charge in [-0.2, -0.15) is 11.8 Å². The minimum absolute atomic E-state index is 0.291. The van der Waals surface area contributed by atoms with Crippen LogP contribution in [0.25, 0.3) is 0 Å². The Hall–Kier alpha value is -0.220.